The lowest BCUT2D eigenvalue weighted by Crippen LogP contribution is -2.33. The number of hydrogen-bond donors (Lipinski definition) is 0. The Morgan fingerprint density at radius 3 is 2.85 bits per heavy atom. The van der Waals surface area contributed by atoms with Crippen molar-refractivity contribution >= 4 is 23.2 Å². The van der Waals surface area contributed by atoms with Gasteiger partial charge in [-0.2, -0.15) is 0 Å². The molecular formula is C19H21N3O3S. The molecule has 6 nitrogen and oxygen atoms in total. The van der Waals surface area contributed by atoms with Gasteiger partial charge in [0.15, 0.2) is 6.61 Å². The maximum absolute atomic E-state index is 12.4. The first kappa shape index (κ1) is 18.3. The number of esters is 1. The van der Waals surface area contributed by atoms with Gasteiger partial charge in [-0.3, -0.25) is 9.78 Å². The van der Waals surface area contributed by atoms with Gasteiger partial charge < -0.3 is 9.64 Å². The number of ether oxygens (including phenoxy) is 1. The average Bonchev–Trinajstić information content (AvgIpc) is 3.31. The number of carbonyl (C=O) groups excluding carboxylic acids is 2. The normalized spacial score (nSPS) is 13.4. The predicted molar refractivity (Wildman–Crippen MR) is 99.7 cm³/mol. The van der Waals surface area contributed by atoms with Crippen molar-refractivity contribution in [3.05, 3.63) is 46.7 Å². The van der Waals surface area contributed by atoms with Gasteiger partial charge in [-0.15, -0.1) is 11.3 Å². The summed E-state index contributed by atoms with van der Waals surface area (Å²) in [4.78, 5) is 35.5. The fourth-order valence-corrected chi connectivity index (χ4v) is 3.83. The molecule has 0 radical (unpaired) electrons. The Labute approximate surface area is 156 Å². The van der Waals surface area contributed by atoms with Crippen LogP contribution in [0, 0.1) is 6.92 Å². The fraction of sp³-hybridized carbons (Fsp3) is 0.368. The van der Waals surface area contributed by atoms with Crippen molar-refractivity contribution < 1.29 is 14.3 Å². The molecule has 0 saturated carbocycles. The monoisotopic (exact) mass is 371 g/mol. The fourth-order valence-electron chi connectivity index (χ4n) is 2.89. The molecule has 0 atom stereocenters. The average molecular weight is 371 g/mol. The van der Waals surface area contributed by atoms with E-state index in [1.807, 2.05) is 25.1 Å². The van der Waals surface area contributed by atoms with Crippen LogP contribution in [-0.4, -0.2) is 39.9 Å². The van der Waals surface area contributed by atoms with Crippen molar-refractivity contribution in [1.29, 1.82) is 0 Å². The summed E-state index contributed by atoms with van der Waals surface area (Å²) in [6, 6.07) is 5.53. The van der Waals surface area contributed by atoms with Gasteiger partial charge in [0.2, 0.25) is 0 Å². The van der Waals surface area contributed by atoms with E-state index in [4.69, 9.17) is 4.74 Å². The van der Waals surface area contributed by atoms with Gasteiger partial charge in [-0.1, -0.05) is 12.1 Å². The third-order valence-corrected chi connectivity index (χ3v) is 5.33. The minimum atomic E-state index is -0.521. The van der Waals surface area contributed by atoms with Gasteiger partial charge in [0.1, 0.15) is 9.88 Å². The van der Waals surface area contributed by atoms with Crippen LogP contribution in [0.3, 0.4) is 0 Å². The smallest absolute Gasteiger partial charge is 0.350 e. The third-order valence-electron chi connectivity index (χ3n) is 4.17. The van der Waals surface area contributed by atoms with E-state index in [0.717, 1.165) is 25.0 Å². The van der Waals surface area contributed by atoms with Crippen LogP contribution in [0.1, 0.15) is 41.6 Å². The van der Waals surface area contributed by atoms with Gasteiger partial charge in [0.25, 0.3) is 5.91 Å². The summed E-state index contributed by atoms with van der Waals surface area (Å²) < 4.78 is 5.25. The zero-order chi connectivity index (χ0) is 18.5. The number of thiazole rings is 1. The van der Waals surface area contributed by atoms with E-state index in [9.17, 15) is 9.59 Å². The molecule has 2 aromatic rings. The highest BCUT2D eigenvalue weighted by Crippen LogP contribution is 2.27. The molecule has 0 saturated heterocycles. The second-order valence-corrected chi connectivity index (χ2v) is 6.95. The summed E-state index contributed by atoms with van der Waals surface area (Å²) in [5, 5.41) is 0.660. The Morgan fingerprint density at radius 2 is 2.19 bits per heavy atom. The zero-order valence-corrected chi connectivity index (χ0v) is 15.7. The number of aryl methyl sites for hydroxylation is 1. The Kier molecular flexibility index (Phi) is 5.78. The summed E-state index contributed by atoms with van der Waals surface area (Å²) in [5.74, 6) is -0.715. The van der Waals surface area contributed by atoms with Crippen molar-refractivity contribution in [1.82, 2.24) is 14.9 Å². The van der Waals surface area contributed by atoms with Gasteiger partial charge in [-0.25, -0.2) is 9.78 Å². The maximum Gasteiger partial charge on any atom is 0.350 e. The number of hydrogen-bond acceptors (Lipinski definition) is 6. The van der Waals surface area contributed by atoms with Gasteiger partial charge in [-0.05, 0) is 45.2 Å². The summed E-state index contributed by atoms with van der Waals surface area (Å²) >= 11 is 1.23. The van der Waals surface area contributed by atoms with Crippen molar-refractivity contribution in [3.8, 4) is 10.7 Å². The highest BCUT2D eigenvalue weighted by Gasteiger charge is 2.22. The van der Waals surface area contributed by atoms with Crippen molar-refractivity contribution in [2.75, 3.05) is 13.2 Å². The molecule has 136 valence electrons. The molecule has 0 aromatic carbocycles. The number of rotatable bonds is 6. The lowest BCUT2D eigenvalue weighted by atomic mass is 10.3. The summed E-state index contributed by atoms with van der Waals surface area (Å²) in [6.45, 7) is 3.99. The maximum atomic E-state index is 12.4. The molecule has 1 amide bonds. The van der Waals surface area contributed by atoms with E-state index < -0.39 is 5.97 Å². The van der Waals surface area contributed by atoms with E-state index in [-0.39, 0.29) is 12.5 Å². The number of likely N-dealkylation sites (N-methyl/N-ethyl adjacent to an activating group) is 1. The molecule has 0 fully saturated rings. The Balaban J connectivity index is 1.65. The van der Waals surface area contributed by atoms with Crippen LogP contribution in [0.5, 0.6) is 0 Å². The first-order valence-electron chi connectivity index (χ1n) is 8.65. The SMILES string of the molecule is CCN(C(=O)COC(=O)c1sc(-c2ccccn2)nc1C)C1=CCCC1. The minimum Gasteiger partial charge on any atom is -0.451 e. The minimum absolute atomic E-state index is 0.193. The molecule has 0 N–H and O–H groups in total. The van der Waals surface area contributed by atoms with E-state index in [2.05, 4.69) is 16.0 Å². The standard InChI is InChI=1S/C19H21N3O3S/c1-3-22(14-8-4-5-9-14)16(23)12-25-19(24)17-13(2)21-18(26-17)15-10-6-7-11-20-15/h6-8,10-11H,3-5,9,12H2,1-2H3. The van der Waals surface area contributed by atoms with Gasteiger partial charge in [0.05, 0.1) is 11.4 Å². The predicted octanol–water partition coefficient (Wildman–Crippen LogP) is 3.59. The molecular weight excluding hydrogens is 350 g/mol. The van der Waals surface area contributed by atoms with Gasteiger partial charge in [0, 0.05) is 18.4 Å². The highest BCUT2D eigenvalue weighted by molar-refractivity contribution is 7.17. The topological polar surface area (TPSA) is 72.4 Å². The second kappa shape index (κ2) is 8.23. The summed E-state index contributed by atoms with van der Waals surface area (Å²) in [6.07, 6.45) is 6.72. The molecule has 1 aliphatic carbocycles. The van der Waals surface area contributed by atoms with E-state index in [1.54, 1.807) is 18.0 Å². The number of allylic oxidation sites excluding steroid dienone is 2. The first-order chi connectivity index (χ1) is 12.6. The third kappa shape index (κ3) is 3.99. The Morgan fingerprint density at radius 1 is 1.35 bits per heavy atom. The van der Waals surface area contributed by atoms with Crippen LogP contribution in [0.4, 0.5) is 0 Å². The Hall–Kier alpha value is -2.54. The molecule has 26 heavy (non-hydrogen) atoms. The molecule has 1 aliphatic rings. The first-order valence-corrected chi connectivity index (χ1v) is 9.47. The molecule has 2 aromatic heterocycles. The lowest BCUT2D eigenvalue weighted by molar-refractivity contribution is -0.132. The summed E-state index contributed by atoms with van der Waals surface area (Å²) in [7, 11) is 0. The Bertz CT molecular complexity index is 830. The van der Waals surface area contributed by atoms with E-state index in [1.165, 1.54) is 11.3 Å². The van der Waals surface area contributed by atoms with Crippen LogP contribution in [0.2, 0.25) is 0 Å². The molecule has 3 rings (SSSR count). The quantitative estimate of drug-likeness (QED) is 0.726. The van der Waals surface area contributed by atoms with Crippen LogP contribution in [0.25, 0.3) is 10.7 Å². The number of amides is 1. The van der Waals surface area contributed by atoms with Crippen LogP contribution >= 0.6 is 11.3 Å². The number of carbonyl (C=O) groups is 2. The van der Waals surface area contributed by atoms with Crippen molar-refractivity contribution in [3.63, 3.8) is 0 Å². The molecule has 0 spiro atoms. The molecule has 0 aliphatic heterocycles. The van der Waals surface area contributed by atoms with Crippen LogP contribution < -0.4 is 0 Å². The number of pyridine rings is 1. The number of aromatic nitrogens is 2. The highest BCUT2D eigenvalue weighted by atomic mass is 32.1. The molecule has 0 bridgehead atoms. The molecule has 0 unspecified atom stereocenters. The zero-order valence-electron chi connectivity index (χ0n) is 14.9. The van der Waals surface area contributed by atoms with Crippen LogP contribution in [0.15, 0.2) is 36.2 Å². The van der Waals surface area contributed by atoms with Crippen molar-refractivity contribution in [2.45, 2.75) is 33.1 Å². The largest absolute Gasteiger partial charge is 0.451 e. The van der Waals surface area contributed by atoms with Crippen molar-refractivity contribution in [2.24, 2.45) is 0 Å². The van der Waals surface area contributed by atoms with E-state index >= 15 is 0 Å². The number of nitrogens with zero attached hydrogens (tertiary/aromatic N) is 3. The van der Waals surface area contributed by atoms with Crippen LogP contribution in [-0.2, 0) is 9.53 Å². The van der Waals surface area contributed by atoms with E-state index in [0.29, 0.717) is 27.8 Å². The molecule has 7 heteroatoms. The van der Waals surface area contributed by atoms with Gasteiger partial charge >= 0.3 is 5.97 Å². The lowest BCUT2D eigenvalue weighted by Gasteiger charge is -2.21. The second-order valence-electron chi connectivity index (χ2n) is 5.95. The molecule has 2 heterocycles. The summed E-state index contributed by atoms with van der Waals surface area (Å²) in [5.41, 5.74) is 2.32.